The third-order valence-electron chi connectivity index (χ3n) is 5.51. The number of benzene rings is 2. The zero-order valence-electron chi connectivity index (χ0n) is 17.1. The number of anilines is 1. The van der Waals surface area contributed by atoms with Crippen molar-refractivity contribution in [3.63, 3.8) is 0 Å². The summed E-state index contributed by atoms with van der Waals surface area (Å²) in [6.07, 6.45) is 2.82. The minimum atomic E-state index is -0.153. The molecule has 156 valence electrons. The summed E-state index contributed by atoms with van der Waals surface area (Å²) >= 11 is 6.16. The summed E-state index contributed by atoms with van der Waals surface area (Å²) in [6.45, 7) is 4.60. The Bertz CT molecular complexity index is 1030. The number of halogens is 1. The first-order valence-electron chi connectivity index (χ1n) is 10.0. The van der Waals surface area contributed by atoms with Crippen LogP contribution in [-0.2, 0) is 0 Å². The van der Waals surface area contributed by atoms with Crippen LogP contribution < -0.4 is 15.0 Å². The Kier molecular flexibility index (Phi) is 5.95. The summed E-state index contributed by atoms with van der Waals surface area (Å²) in [5.74, 6) is 1.03. The van der Waals surface area contributed by atoms with Crippen LogP contribution in [-0.4, -0.2) is 42.4 Å². The molecule has 4 rings (SSSR count). The zero-order chi connectivity index (χ0) is 21.1. The van der Waals surface area contributed by atoms with E-state index in [4.69, 9.17) is 16.3 Å². The Labute approximate surface area is 181 Å². The molecule has 2 aromatic carbocycles. The molecule has 1 N–H and O–H groups in total. The van der Waals surface area contributed by atoms with Crippen LogP contribution in [0, 0.1) is 12.8 Å². The van der Waals surface area contributed by atoms with E-state index in [-0.39, 0.29) is 5.91 Å². The number of amides is 1. The lowest BCUT2D eigenvalue weighted by atomic mass is 10.1. The fourth-order valence-electron chi connectivity index (χ4n) is 3.79. The van der Waals surface area contributed by atoms with Gasteiger partial charge in [-0.2, -0.15) is 5.10 Å². The van der Waals surface area contributed by atoms with Gasteiger partial charge in [0.1, 0.15) is 5.75 Å². The van der Waals surface area contributed by atoms with Crippen molar-refractivity contribution in [1.29, 1.82) is 0 Å². The highest BCUT2D eigenvalue weighted by molar-refractivity contribution is 6.30. The molecule has 0 aliphatic carbocycles. The van der Waals surface area contributed by atoms with Crippen LogP contribution in [0.2, 0.25) is 5.02 Å². The lowest BCUT2D eigenvalue weighted by Crippen LogP contribution is -2.31. The number of carbonyl (C=O) groups excluding carboxylic acids is 1. The number of aromatic nitrogens is 2. The number of carbonyl (C=O) groups is 1. The van der Waals surface area contributed by atoms with Crippen LogP contribution in [0.25, 0.3) is 5.69 Å². The monoisotopic (exact) mass is 424 g/mol. The molecular weight excluding hydrogens is 400 g/mol. The molecule has 7 heteroatoms. The van der Waals surface area contributed by atoms with Gasteiger partial charge in [0.2, 0.25) is 0 Å². The summed E-state index contributed by atoms with van der Waals surface area (Å²) < 4.78 is 6.86. The molecule has 3 aromatic rings. The maximum atomic E-state index is 12.6. The average molecular weight is 425 g/mol. The molecule has 1 unspecified atom stereocenters. The van der Waals surface area contributed by atoms with Gasteiger partial charge in [-0.15, -0.1) is 0 Å². The Morgan fingerprint density at radius 3 is 2.80 bits per heavy atom. The van der Waals surface area contributed by atoms with Crippen LogP contribution in [0.15, 0.2) is 54.7 Å². The van der Waals surface area contributed by atoms with Crippen LogP contribution in [0.5, 0.6) is 5.75 Å². The van der Waals surface area contributed by atoms with E-state index >= 15 is 0 Å². The molecule has 1 fully saturated rings. The third-order valence-corrected chi connectivity index (χ3v) is 5.74. The van der Waals surface area contributed by atoms with Gasteiger partial charge < -0.3 is 15.0 Å². The van der Waals surface area contributed by atoms with Crippen molar-refractivity contribution in [2.24, 2.45) is 5.92 Å². The normalized spacial score (nSPS) is 16.0. The van der Waals surface area contributed by atoms with Crippen LogP contribution in [0.3, 0.4) is 0 Å². The molecule has 1 aromatic heterocycles. The summed E-state index contributed by atoms with van der Waals surface area (Å²) in [4.78, 5) is 14.9. The van der Waals surface area contributed by atoms with E-state index in [0.29, 0.717) is 18.2 Å². The van der Waals surface area contributed by atoms with Crippen molar-refractivity contribution in [2.45, 2.75) is 13.3 Å². The second-order valence-corrected chi connectivity index (χ2v) is 8.02. The second kappa shape index (κ2) is 8.79. The number of rotatable bonds is 6. The molecule has 0 radical (unpaired) electrons. The lowest BCUT2D eigenvalue weighted by Gasteiger charge is -2.21. The first-order chi connectivity index (χ1) is 14.5. The molecule has 0 bridgehead atoms. The van der Waals surface area contributed by atoms with Crippen molar-refractivity contribution < 1.29 is 9.53 Å². The van der Waals surface area contributed by atoms with Gasteiger partial charge in [0.25, 0.3) is 5.91 Å². The quantitative estimate of drug-likeness (QED) is 0.647. The smallest absolute Gasteiger partial charge is 0.271 e. The van der Waals surface area contributed by atoms with Crippen LogP contribution in [0.4, 0.5) is 5.69 Å². The number of nitrogens with one attached hydrogen (secondary N) is 1. The number of ether oxygens (including phenoxy) is 1. The van der Waals surface area contributed by atoms with E-state index in [2.05, 4.69) is 22.2 Å². The van der Waals surface area contributed by atoms with Crippen molar-refractivity contribution in [2.75, 3.05) is 31.6 Å². The molecule has 2 heterocycles. The highest BCUT2D eigenvalue weighted by Gasteiger charge is 2.24. The molecule has 0 saturated carbocycles. The van der Waals surface area contributed by atoms with Gasteiger partial charge in [0.15, 0.2) is 5.69 Å². The van der Waals surface area contributed by atoms with Crippen molar-refractivity contribution in [1.82, 2.24) is 15.1 Å². The Hall–Kier alpha value is -2.99. The summed E-state index contributed by atoms with van der Waals surface area (Å²) in [7, 11) is 1.63. The van der Waals surface area contributed by atoms with Gasteiger partial charge in [-0.3, -0.25) is 4.79 Å². The molecular formula is C23H25ClN4O2. The standard InChI is InChI=1S/C23H25ClN4O2/c1-16-3-4-18(24)13-22(16)27-11-9-17(15-27)14-25-23(29)21-10-12-28(26-21)19-5-7-20(30-2)8-6-19/h3-8,10,12-13,17H,9,11,14-15H2,1-2H3,(H,25,29). The maximum absolute atomic E-state index is 12.6. The van der Waals surface area contributed by atoms with Gasteiger partial charge in [0, 0.05) is 36.5 Å². The van der Waals surface area contributed by atoms with Gasteiger partial charge in [-0.25, -0.2) is 4.68 Å². The molecule has 6 nitrogen and oxygen atoms in total. The van der Waals surface area contributed by atoms with E-state index in [0.717, 1.165) is 36.0 Å². The molecule has 1 amide bonds. The first-order valence-corrected chi connectivity index (χ1v) is 10.4. The molecule has 1 aliphatic rings. The van der Waals surface area contributed by atoms with Gasteiger partial charge in [0.05, 0.1) is 12.8 Å². The molecule has 1 saturated heterocycles. The van der Waals surface area contributed by atoms with E-state index < -0.39 is 0 Å². The van der Waals surface area contributed by atoms with E-state index in [1.54, 1.807) is 24.1 Å². The molecule has 1 aliphatic heterocycles. The number of methoxy groups -OCH3 is 1. The average Bonchev–Trinajstić information content (AvgIpc) is 3.44. The van der Waals surface area contributed by atoms with Gasteiger partial charge in [-0.1, -0.05) is 17.7 Å². The highest BCUT2D eigenvalue weighted by atomic mass is 35.5. The topological polar surface area (TPSA) is 59.4 Å². The maximum Gasteiger partial charge on any atom is 0.271 e. The Morgan fingerprint density at radius 1 is 1.23 bits per heavy atom. The zero-order valence-corrected chi connectivity index (χ0v) is 17.9. The van der Waals surface area contributed by atoms with E-state index in [1.165, 1.54) is 11.3 Å². The molecule has 1 atom stereocenters. The molecule has 30 heavy (non-hydrogen) atoms. The number of hydrogen-bond acceptors (Lipinski definition) is 4. The second-order valence-electron chi connectivity index (χ2n) is 7.59. The third kappa shape index (κ3) is 4.44. The molecule has 0 spiro atoms. The summed E-state index contributed by atoms with van der Waals surface area (Å²) in [5.41, 5.74) is 3.67. The SMILES string of the molecule is COc1ccc(-n2ccc(C(=O)NCC3CCN(c4cc(Cl)ccc4C)C3)n2)cc1. The van der Waals surface area contributed by atoms with Crippen molar-refractivity contribution in [3.8, 4) is 11.4 Å². The minimum absolute atomic E-state index is 0.153. The van der Waals surface area contributed by atoms with Crippen molar-refractivity contribution >= 4 is 23.2 Å². The van der Waals surface area contributed by atoms with Crippen molar-refractivity contribution in [3.05, 3.63) is 71.0 Å². The largest absolute Gasteiger partial charge is 0.497 e. The minimum Gasteiger partial charge on any atom is -0.497 e. The fraction of sp³-hybridized carbons (Fsp3) is 0.304. The number of nitrogens with zero attached hydrogens (tertiary/aromatic N) is 3. The van der Waals surface area contributed by atoms with Gasteiger partial charge in [-0.05, 0) is 67.3 Å². The van der Waals surface area contributed by atoms with E-state index in [1.807, 2.05) is 42.5 Å². The predicted octanol–water partition coefficient (Wildman–Crippen LogP) is 4.10. The Balaban J connectivity index is 1.33. The highest BCUT2D eigenvalue weighted by Crippen LogP contribution is 2.29. The predicted molar refractivity (Wildman–Crippen MR) is 119 cm³/mol. The van der Waals surface area contributed by atoms with E-state index in [9.17, 15) is 4.79 Å². The summed E-state index contributed by atoms with van der Waals surface area (Å²) in [5, 5.41) is 8.19. The Morgan fingerprint density at radius 2 is 2.03 bits per heavy atom. The van der Waals surface area contributed by atoms with Crippen LogP contribution in [0.1, 0.15) is 22.5 Å². The first kappa shape index (κ1) is 20.3. The van der Waals surface area contributed by atoms with Gasteiger partial charge >= 0.3 is 0 Å². The summed E-state index contributed by atoms with van der Waals surface area (Å²) in [6, 6.07) is 15.2. The van der Waals surface area contributed by atoms with Crippen LogP contribution >= 0.6 is 11.6 Å². The lowest BCUT2D eigenvalue weighted by molar-refractivity contribution is 0.0943. The number of aryl methyl sites for hydroxylation is 1. The number of hydrogen-bond donors (Lipinski definition) is 1. The fourth-order valence-corrected chi connectivity index (χ4v) is 3.96.